The van der Waals surface area contributed by atoms with Crippen LogP contribution in [-0.2, 0) is 27.3 Å². The number of halogens is 2. The van der Waals surface area contributed by atoms with Crippen LogP contribution < -0.4 is 16.4 Å². The van der Waals surface area contributed by atoms with Crippen LogP contribution in [0.4, 0.5) is 14.9 Å². The van der Waals surface area contributed by atoms with Crippen LogP contribution in [0.5, 0.6) is 0 Å². The van der Waals surface area contributed by atoms with Gasteiger partial charge < -0.3 is 26.0 Å². The number of amides is 3. The quantitative estimate of drug-likeness (QED) is 0.536. The fraction of sp³-hybridized carbons (Fsp3) is 0.400. The topological polar surface area (TPSA) is 114 Å². The van der Waals surface area contributed by atoms with Crippen molar-refractivity contribution in [1.82, 2.24) is 10.2 Å². The van der Waals surface area contributed by atoms with Gasteiger partial charge in [-0.3, -0.25) is 9.59 Å². The molecule has 0 heterocycles. The van der Waals surface area contributed by atoms with Crippen LogP contribution in [-0.4, -0.2) is 42.0 Å². The number of rotatable bonds is 5. The summed E-state index contributed by atoms with van der Waals surface area (Å²) < 4.78 is 19.0. The number of nitrogens with zero attached hydrogens (tertiary/aromatic N) is 1. The first-order valence-electron chi connectivity index (χ1n) is 11.2. The number of nitrogens with one attached hydrogen (secondary N) is 2. The van der Waals surface area contributed by atoms with Gasteiger partial charge in [0.1, 0.15) is 11.4 Å². The minimum atomic E-state index is -0.924. The van der Waals surface area contributed by atoms with E-state index in [1.54, 1.807) is 7.05 Å². The molecule has 0 fully saturated rings. The predicted octanol–water partition coefficient (Wildman–Crippen LogP) is 3.77. The van der Waals surface area contributed by atoms with Crippen LogP contribution >= 0.6 is 11.6 Å². The van der Waals surface area contributed by atoms with E-state index in [1.165, 1.54) is 17.0 Å². The summed E-state index contributed by atoms with van der Waals surface area (Å²) in [5.74, 6) is -2.59. The minimum Gasteiger partial charge on any atom is -0.444 e. The summed E-state index contributed by atoms with van der Waals surface area (Å²) in [7, 11) is 1.66. The van der Waals surface area contributed by atoms with E-state index < -0.39 is 35.4 Å². The van der Waals surface area contributed by atoms with E-state index in [-0.39, 0.29) is 16.6 Å². The first-order valence-corrected chi connectivity index (χ1v) is 11.6. The first kappa shape index (κ1) is 26.4. The highest BCUT2D eigenvalue weighted by Gasteiger charge is 2.34. The molecule has 1 aliphatic rings. The molecule has 0 spiro atoms. The zero-order valence-corrected chi connectivity index (χ0v) is 20.9. The second kappa shape index (κ2) is 10.6. The molecule has 0 radical (unpaired) electrons. The lowest BCUT2D eigenvalue weighted by atomic mass is 10.0. The Hall–Kier alpha value is -3.17. The third-order valence-corrected chi connectivity index (χ3v) is 5.90. The minimum absolute atomic E-state index is 0.0857. The number of ether oxygens (including phenoxy) is 1. The molecule has 2 aromatic rings. The van der Waals surface area contributed by atoms with E-state index in [9.17, 15) is 18.8 Å². The average Bonchev–Trinajstić information content (AvgIpc) is 3.11. The molecule has 8 nitrogen and oxygen atoms in total. The lowest BCUT2D eigenvalue weighted by Gasteiger charge is -2.25. The predicted molar refractivity (Wildman–Crippen MR) is 131 cm³/mol. The van der Waals surface area contributed by atoms with E-state index in [1.807, 2.05) is 39.0 Å². The third-order valence-electron chi connectivity index (χ3n) is 5.59. The van der Waals surface area contributed by atoms with Crippen molar-refractivity contribution in [1.29, 1.82) is 0 Å². The summed E-state index contributed by atoms with van der Waals surface area (Å²) in [5.41, 5.74) is 8.24. The van der Waals surface area contributed by atoms with E-state index in [2.05, 4.69) is 10.6 Å². The van der Waals surface area contributed by atoms with Gasteiger partial charge in [0.15, 0.2) is 0 Å². The molecule has 188 valence electrons. The highest BCUT2D eigenvalue weighted by Crippen LogP contribution is 2.36. The number of hydrogen-bond donors (Lipinski definition) is 3. The number of anilines is 1. The normalized spacial score (nSPS) is 16.9. The van der Waals surface area contributed by atoms with Gasteiger partial charge in [-0.25, -0.2) is 9.18 Å². The maximum atomic E-state index is 13.6. The Morgan fingerprint density at radius 3 is 2.51 bits per heavy atom. The van der Waals surface area contributed by atoms with Crippen molar-refractivity contribution in [2.24, 2.45) is 11.7 Å². The van der Waals surface area contributed by atoms with Crippen molar-refractivity contribution in [2.45, 2.75) is 45.4 Å². The Morgan fingerprint density at radius 1 is 1.17 bits per heavy atom. The van der Waals surface area contributed by atoms with Gasteiger partial charge in [-0.15, -0.1) is 0 Å². The van der Waals surface area contributed by atoms with Crippen LogP contribution in [0.1, 0.15) is 43.5 Å². The van der Waals surface area contributed by atoms with E-state index in [0.29, 0.717) is 19.5 Å². The van der Waals surface area contributed by atoms with Crippen LogP contribution in [0.3, 0.4) is 0 Å². The van der Waals surface area contributed by atoms with Crippen molar-refractivity contribution in [3.63, 3.8) is 0 Å². The molecule has 2 aromatic carbocycles. The summed E-state index contributed by atoms with van der Waals surface area (Å²) in [6, 6.07) is 9.00. The summed E-state index contributed by atoms with van der Waals surface area (Å²) in [5, 5.41) is 5.03. The highest BCUT2D eigenvalue weighted by atomic mass is 35.5. The Kier molecular flexibility index (Phi) is 8.02. The van der Waals surface area contributed by atoms with Gasteiger partial charge in [0.05, 0.1) is 11.1 Å². The van der Waals surface area contributed by atoms with Gasteiger partial charge in [0.25, 0.3) is 0 Å². The largest absolute Gasteiger partial charge is 0.444 e. The summed E-state index contributed by atoms with van der Waals surface area (Å²) in [6.45, 7) is 6.08. The Bertz CT molecular complexity index is 1130. The number of carbonyl (C=O) groups excluding carboxylic acids is 3. The molecule has 3 rings (SSSR count). The lowest BCUT2D eigenvalue weighted by molar-refractivity contribution is -0.136. The molecule has 1 aliphatic carbocycles. The molecule has 4 N–H and O–H groups in total. The zero-order valence-electron chi connectivity index (χ0n) is 20.2. The highest BCUT2D eigenvalue weighted by molar-refractivity contribution is 6.39. The van der Waals surface area contributed by atoms with Gasteiger partial charge >= 0.3 is 17.9 Å². The Labute approximate surface area is 208 Å². The fourth-order valence-corrected chi connectivity index (χ4v) is 4.07. The molecule has 2 atom stereocenters. The molecular weight excluding hydrogens is 475 g/mol. The van der Waals surface area contributed by atoms with Crippen molar-refractivity contribution in [3.05, 3.63) is 63.9 Å². The van der Waals surface area contributed by atoms with Gasteiger partial charge in [0, 0.05) is 19.3 Å². The third kappa shape index (κ3) is 6.70. The molecule has 10 heteroatoms. The summed E-state index contributed by atoms with van der Waals surface area (Å²) >= 11 is 5.65. The van der Waals surface area contributed by atoms with E-state index >= 15 is 0 Å². The van der Waals surface area contributed by atoms with Crippen LogP contribution in [0, 0.1) is 11.7 Å². The molecule has 0 aliphatic heterocycles. The van der Waals surface area contributed by atoms with Crippen molar-refractivity contribution >= 4 is 35.2 Å². The molecule has 0 saturated heterocycles. The van der Waals surface area contributed by atoms with Gasteiger partial charge in [0.2, 0.25) is 0 Å². The summed E-state index contributed by atoms with van der Waals surface area (Å²) in [6.07, 6.45) is 0.194. The average molecular weight is 505 g/mol. The SMILES string of the molecule is CN(Cc1ccc2c(c1)C[C@H](CN)[C@H]2NC(=O)C(=O)Nc1ccc(Cl)c(F)c1)C(=O)OC(C)(C)C. The van der Waals surface area contributed by atoms with Crippen molar-refractivity contribution < 1.29 is 23.5 Å². The summed E-state index contributed by atoms with van der Waals surface area (Å²) in [4.78, 5) is 38.7. The number of carbonyl (C=O) groups is 3. The number of benzene rings is 2. The fourth-order valence-electron chi connectivity index (χ4n) is 3.95. The molecule has 0 saturated carbocycles. The molecule has 0 bridgehead atoms. The van der Waals surface area contributed by atoms with Crippen molar-refractivity contribution in [2.75, 3.05) is 18.9 Å². The van der Waals surface area contributed by atoms with E-state index in [0.717, 1.165) is 22.8 Å². The number of fused-ring (bicyclic) bond motifs is 1. The zero-order chi connectivity index (χ0) is 25.9. The molecule has 0 unspecified atom stereocenters. The smallest absolute Gasteiger partial charge is 0.410 e. The lowest BCUT2D eigenvalue weighted by Crippen LogP contribution is -2.40. The Morgan fingerprint density at radius 2 is 1.89 bits per heavy atom. The monoisotopic (exact) mass is 504 g/mol. The second-order valence-corrected chi connectivity index (χ2v) is 10.0. The van der Waals surface area contributed by atoms with Crippen LogP contribution in [0.25, 0.3) is 0 Å². The van der Waals surface area contributed by atoms with Crippen molar-refractivity contribution in [3.8, 4) is 0 Å². The molecule has 35 heavy (non-hydrogen) atoms. The molecule has 0 aromatic heterocycles. The first-order chi connectivity index (χ1) is 16.4. The molecule has 3 amide bonds. The number of hydrogen-bond acceptors (Lipinski definition) is 5. The van der Waals surface area contributed by atoms with Gasteiger partial charge in [-0.05, 0) is 74.5 Å². The van der Waals surface area contributed by atoms with Gasteiger partial charge in [-0.1, -0.05) is 29.8 Å². The standard InChI is InChI=1S/C25H30ClFN4O4/c1-25(2,3)35-24(34)31(4)13-14-5-7-18-15(9-14)10-16(12-28)21(18)30-23(33)22(32)29-17-6-8-19(26)20(27)11-17/h5-9,11,16,21H,10,12-13,28H2,1-4H3,(H,29,32)(H,30,33)/t16-,21-/m1/s1. The second-order valence-electron chi connectivity index (χ2n) is 9.60. The maximum absolute atomic E-state index is 13.6. The number of nitrogens with two attached hydrogens (primary N) is 1. The Balaban J connectivity index is 1.68. The van der Waals surface area contributed by atoms with Crippen LogP contribution in [0.15, 0.2) is 36.4 Å². The van der Waals surface area contributed by atoms with Gasteiger partial charge in [-0.2, -0.15) is 0 Å². The maximum Gasteiger partial charge on any atom is 0.410 e. The van der Waals surface area contributed by atoms with E-state index in [4.69, 9.17) is 22.1 Å². The van der Waals surface area contributed by atoms with Crippen LogP contribution in [0.2, 0.25) is 5.02 Å². The molecular formula is C25H30ClFN4O4.